The van der Waals surface area contributed by atoms with E-state index in [1.165, 1.54) is 0 Å². The summed E-state index contributed by atoms with van der Waals surface area (Å²) in [6.45, 7) is 18.4. The third-order valence-electron chi connectivity index (χ3n) is 6.77. The Morgan fingerprint density at radius 2 is 1.50 bits per heavy atom. The molecule has 0 heterocycles. The molecule has 5 atom stereocenters. The predicted molar refractivity (Wildman–Crippen MR) is 149 cm³/mol. The van der Waals surface area contributed by atoms with E-state index in [4.69, 9.17) is 27.5 Å². The highest BCUT2D eigenvalue weighted by Crippen LogP contribution is 2.39. The Bertz CT molecular complexity index is 541. The normalized spacial score (nSPS) is 23.2. The Hall–Kier alpha value is 0.0738. The molecule has 36 heavy (non-hydrogen) atoms. The Morgan fingerprint density at radius 1 is 0.917 bits per heavy atom. The van der Waals surface area contributed by atoms with E-state index in [9.17, 15) is 5.11 Å². The Labute approximate surface area is 224 Å². The first kappa shape index (κ1) is 34.1. The monoisotopic (exact) mass is 552 g/mol. The molecule has 3 N–H and O–H groups in total. The summed E-state index contributed by atoms with van der Waals surface area (Å²) in [4.78, 5) is 0. The average Bonchev–Trinajstić information content (AvgIpc) is 2.83. The molecular weight excluding hydrogens is 496 g/mol. The summed E-state index contributed by atoms with van der Waals surface area (Å²) in [6.07, 6.45) is 2.86. The van der Waals surface area contributed by atoms with Crippen molar-refractivity contribution in [3.05, 3.63) is 0 Å². The van der Waals surface area contributed by atoms with Gasteiger partial charge in [0.05, 0.1) is 18.0 Å². The van der Waals surface area contributed by atoms with Crippen LogP contribution in [0.5, 0.6) is 0 Å². The standard InChI is InChI=1S/C25H56N2O7Si2/c1-8-29-24(35)25(30-9-2,31-10-3)21-15-16-23(28)22(19-21)27-20(7)26-17-14-18-36(32-11-4,33-12-5)34-13-6/h20-24,26-28H,8-19H2,1-7,35H3. The molecule has 0 aromatic heterocycles. The van der Waals surface area contributed by atoms with Gasteiger partial charge < -0.3 is 37.9 Å². The van der Waals surface area contributed by atoms with Crippen LogP contribution in [0.15, 0.2) is 0 Å². The molecule has 0 aliphatic heterocycles. The number of rotatable bonds is 21. The van der Waals surface area contributed by atoms with Crippen LogP contribution >= 0.6 is 0 Å². The lowest BCUT2D eigenvalue weighted by Gasteiger charge is -2.48. The molecule has 0 spiro atoms. The second-order valence-corrected chi connectivity index (χ2v) is 13.1. The summed E-state index contributed by atoms with van der Waals surface area (Å²) in [5.74, 6) is -0.608. The molecule has 0 bridgehead atoms. The highest BCUT2D eigenvalue weighted by molar-refractivity contribution is 6.60. The largest absolute Gasteiger partial charge is 0.500 e. The van der Waals surface area contributed by atoms with Gasteiger partial charge in [-0.2, -0.15) is 0 Å². The Kier molecular flexibility index (Phi) is 17.4. The molecule has 11 heteroatoms. The van der Waals surface area contributed by atoms with Crippen LogP contribution in [0.4, 0.5) is 0 Å². The smallest absolute Gasteiger partial charge is 0.392 e. The third kappa shape index (κ3) is 10.3. The van der Waals surface area contributed by atoms with E-state index in [1.54, 1.807) is 0 Å². The molecule has 1 aliphatic rings. The summed E-state index contributed by atoms with van der Waals surface area (Å²) in [6, 6.07) is 0.728. The van der Waals surface area contributed by atoms with E-state index in [0.29, 0.717) is 46.1 Å². The Morgan fingerprint density at radius 3 is 2.00 bits per heavy atom. The van der Waals surface area contributed by atoms with Crippen molar-refractivity contribution in [1.82, 2.24) is 10.6 Å². The first-order chi connectivity index (χ1) is 17.3. The maximum absolute atomic E-state index is 10.8. The van der Waals surface area contributed by atoms with Crippen molar-refractivity contribution in [3.8, 4) is 0 Å². The van der Waals surface area contributed by atoms with Gasteiger partial charge in [0.2, 0.25) is 0 Å². The van der Waals surface area contributed by atoms with Crippen LogP contribution < -0.4 is 10.6 Å². The number of ether oxygens (including phenoxy) is 3. The molecule has 0 aromatic rings. The zero-order valence-corrected chi connectivity index (χ0v) is 27.3. The maximum atomic E-state index is 10.8. The van der Waals surface area contributed by atoms with Crippen molar-refractivity contribution >= 4 is 19.0 Å². The van der Waals surface area contributed by atoms with Crippen molar-refractivity contribution in [2.75, 3.05) is 46.2 Å². The minimum atomic E-state index is -2.62. The summed E-state index contributed by atoms with van der Waals surface area (Å²) in [5, 5.41) is 18.0. The fourth-order valence-corrected chi connectivity index (χ4v) is 9.12. The van der Waals surface area contributed by atoms with Gasteiger partial charge in [0.1, 0.15) is 0 Å². The SMILES string of the molecule is CCOC([SiH3])C(OCC)(OCC)C1CCC(O)C(NC(C)NCCC[Si](OCC)(OCC)OCC)C1. The van der Waals surface area contributed by atoms with Gasteiger partial charge in [-0.15, -0.1) is 0 Å². The first-order valence-corrected chi connectivity index (χ1v) is 17.3. The number of nitrogens with one attached hydrogen (secondary N) is 2. The van der Waals surface area contributed by atoms with Crippen LogP contribution in [-0.2, 0) is 27.5 Å². The number of aliphatic hydroxyl groups excluding tert-OH is 1. The molecule has 1 fully saturated rings. The molecule has 5 unspecified atom stereocenters. The number of hydrogen-bond acceptors (Lipinski definition) is 9. The molecule has 1 rings (SSSR count). The van der Waals surface area contributed by atoms with Gasteiger partial charge in [-0.25, -0.2) is 0 Å². The summed E-state index contributed by atoms with van der Waals surface area (Å²) >= 11 is 0. The molecule has 1 saturated carbocycles. The van der Waals surface area contributed by atoms with Gasteiger partial charge in [0, 0.05) is 67.9 Å². The van der Waals surface area contributed by atoms with E-state index in [-0.39, 0.29) is 23.9 Å². The van der Waals surface area contributed by atoms with Crippen molar-refractivity contribution in [1.29, 1.82) is 0 Å². The Balaban J connectivity index is 2.74. The molecule has 1 aliphatic carbocycles. The predicted octanol–water partition coefficient (Wildman–Crippen LogP) is 1.98. The number of hydrogen-bond donors (Lipinski definition) is 3. The second kappa shape index (κ2) is 18.4. The van der Waals surface area contributed by atoms with Crippen molar-refractivity contribution in [2.45, 2.75) is 110 Å². The van der Waals surface area contributed by atoms with Crippen molar-refractivity contribution in [3.63, 3.8) is 0 Å². The topological polar surface area (TPSA) is 99.7 Å². The van der Waals surface area contributed by atoms with Gasteiger partial charge >= 0.3 is 8.80 Å². The molecule has 216 valence electrons. The minimum absolute atomic E-state index is 0.0398. The van der Waals surface area contributed by atoms with Gasteiger partial charge in [-0.3, -0.25) is 5.32 Å². The van der Waals surface area contributed by atoms with Crippen molar-refractivity contribution in [2.24, 2.45) is 5.92 Å². The highest BCUT2D eigenvalue weighted by Gasteiger charge is 2.49. The molecule has 9 nitrogen and oxygen atoms in total. The van der Waals surface area contributed by atoms with Gasteiger partial charge in [0.15, 0.2) is 5.79 Å². The van der Waals surface area contributed by atoms with E-state index in [1.807, 2.05) is 41.5 Å². The zero-order valence-electron chi connectivity index (χ0n) is 24.3. The van der Waals surface area contributed by atoms with E-state index >= 15 is 0 Å². The average molecular weight is 553 g/mol. The van der Waals surface area contributed by atoms with Gasteiger partial charge in [-0.1, -0.05) is 0 Å². The molecule has 0 radical (unpaired) electrons. The van der Waals surface area contributed by atoms with E-state index < -0.39 is 20.7 Å². The van der Waals surface area contributed by atoms with E-state index in [0.717, 1.165) is 42.1 Å². The first-order valence-electron chi connectivity index (χ1n) is 14.3. The van der Waals surface area contributed by atoms with Crippen LogP contribution in [0.3, 0.4) is 0 Å². The summed E-state index contributed by atoms with van der Waals surface area (Å²) in [7, 11) is -1.81. The lowest BCUT2D eigenvalue weighted by atomic mass is 9.78. The fourth-order valence-electron chi connectivity index (χ4n) is 5.37. The van der Waals surface area contributed by atoms with Gasteiger partial charge in [0.25, 0.3) is 0 Å². The molecule has 0 saturated heterocycles. The molecular formula is C25H56N2O7Si2. The van der Waals surface area contributed by atoms with Crippen LogP contribution in [-0.4, -0.2) is 100 Å². The maximum Gasteiger partial charge on any atom is 0.500 e. The zero-order chi connectivity index (χ0) is 27.0. The fraction of sp³-hybridized carbons (Fsp3) is 1.00. The minimum Gasteiger partial charge on any atom is -0.392 e. The van der Waals surface area contributed by atoms with Crippen LogP contribution in [0.25, 0.3) is 0 Å². The summed E-state index contributed by atoms with van der Waals surface area (Å²) < 4.78 is 36.6. The molecule has 0 aromatic carbocycles. The third-order valence-corrected chi connectivity index (χ3v) is 11.1. The van der Waals surface area contributed by atoms with Crippen molar-refractivity contribution < 1.29 is 32.6 Å². The lowest BCUT2D eigenvalue weighted by molar-refractivity contribution is -0.303. The van der Waals surface area contributed by atoms with Crippen LogP contribution in [0, 0.1) is 5.92 Å². The summed E-state index contributed by atoms with van der Waals surface area (Å²) in [5.41, 5.74) is -0.0655. The quantitative estimate of drug-likeness (QED) is 0.112. The highest BCUT2D eigenvalue weighted by atomic mass is 28.4. The lowest BCUT2D eigenvalue weighted by Crippen LogP contribution is -2.60. The second-order valence-electron chi connectivity index (χ2n) is 9.30. The van der Waals surface area contributed by atoms with Crippen LogP contribution in [0.1, 0.15) is 74.1 Å². The van der Waals surface area contributed by atoms with E-state index in [2.05, 4.69) is 17.6 Å². The molecule has 0 amide bonds. The van der Waals surface area contributed by atoms with Crippen LogP contribution in [0.2, 0.25) is 6.04 Å². The number of aliphatic hydroxyl groups is 1. The van der Waals surface area contributed by atoms with Gasteiger partial charge in [-0.05, 0) is 80.7 Å².